The molecule has 4 rings (SSSR count). The molecule has 11 unspecified atom stereocenters. The molecule has 0 radical (unpaired) electrons. The zero-order valence-electron chi connectivity index (χ0n) is 36.6. The van der Waals surface area contributed by atoms with E-state index in [-0.39, 0.29) is 57.9 Å². The molecular formula is C43H64N2O13P2S2. The first kappa shape index (κ1) is 52.6. The summed E-state index contributed by atoms with van der Waals surface area (Å²) in [7, 11) is 0. The summed E-state index contributed by atoms with van der Waals surface area (Å²) < 4.78 is 62.5. The number of ether oxygens (including phenoxy) is 4. The minimum atomic E-state index is -3.76. The summed E-state index contributed by atoms with van der Waals surface area (Å²) in [6, 6.07) is 14.4. The molecule has 0 saturated carbocycles. The number of aliphatic hydroxyl groups excluding tert-OH is 1. The number of nitriles is 2. The van der Waals surface area contributed by atoms with Crippen molar-refractivity contribution >= 4 is 48.8 Å². The normalized spacial score (nSPS) is 26.6. The Labute approximate surface area is 377 Å². The molecule has 0 aliphatic carbocycles. The van der Waals surface area contributed by atoms with Gasteiger partial charge in [0.25, 0.3) is 0 Å². The van der Waals surface area contributed by atoms with E-state index in [1.165, 1.54) is 6.92 Å². The molecule has 19 heteroatoms. The number of ketones is 1. The molecule has 3 aliphatic rings. The number of carbonyl (C=O) groups is 2. The topological polar surface area (TPSA) is 194 Å². The van der Waals surface area contributed by atoms with E-state index in [1.807, 2.05) is 58.0 Å². The van der Waals surface area contributed by atoms with E-state index in [0.717, 1.165) is 5.56 Å². The first-order valence-electron chi connectivity index (χ1n) is 21.3. The van der Waals surface area contributed by atoms with Gasteiger partial charge in [0.1, 0.15) is 30.7 Å². The number of aliphatic hydroxyl groups is 1. The van der Waals surface area contributed by atoms with Crippen LogP contribution >= 0.6 is 13.4 Å². The zero-order chi connectivity index (χ0) is 45.4. The quantitative estimate of drug-likeness (QED) is 0.0486. The highest BCUT2D eigenvalue weighted by atomic mass is 32.5. The molecule has 1 aromatic rings. The van der Waals surface area contributed by atoms with E-state index in [0.29, 0.717) is 51.7 Å². The van der Waals surface area contributed by atoms with Crippen molar-refractivity contribution in [2.75, 3.05) is 39.6 Å². The van der Waals surface area contributed by atoms with E-state index >= 15 is 0 Å². The highest BCUT2D eigenvalue weighted by Crippen LogP contribution is 2.59. The Morgan fingerprint density at radius 3 is 1.94 bits per heavy atom. The molecule has 346 valence electrons. The zero-order valence-corrected chi connectivity index (χ0v) is 40.0. The summed E-state index contributed by atoms with van der Waals surface area (Å²) in [5.74, 6) is -0.663. The lowest BCUT2D eigenvalue weighted by Crippen LogP contribution is -2.36. The van der Waals surface area contributed by atoms with Gasteiger partial charge in [-0.1, -0.05) is 64.1 Å². The summed E-state index contributed by atoms with van der Waals surface area (Å²) >= 11 is 12.3. The van der Waals surface area contributed by atoms with Crippen LogP contribution in [0, 0.1) is 33.5 Å². The fraction of sp³-hybridized carbons (Fsp3) is 0.721. The van der Waals surface area contributed by atoms with Crippen molar-refractivity contribution in [3.63, 3.8) is 0 Å². The Kier molecular flexibility index (Phi) is 21.2. The van der Waals surface area contributed by atoms with Crippen molar-refractivity contribution < 1.29 is 60.8 Å². The van der Waals surface area contributed by atoms with E-state index in [2.05, 4.69) is 18.7 Å². The van der Waals surface area contributed by atoms with Gasteiger partial charge in [0.2, 0.25) is 0 Å². The van der Waals surface area contributed by atoms with Crippen LogP contribution in [0.3, 0.4) is 0 Å². The SMILES string of the molecule is C=CCC(C)(CC)C(CC#N)OP(=S)(OCC1OCCC1OP(=S)(OCC1OCCC1O)OC(CC#N)C(C)(C)Cc1ccccc1)OC1CCOC1COC(=O)CCC(C)=O. The highest BCUT2D eigenvalue weighted by Gasteiger charge is 2.45. The second-order valence-corrected chi connectivity index (χ2v) is 22.7. The third-order valence-corrected chi connectivity index (χ3v) is 16.2. The summed E-state index contributed by atoms with van der Waals surface area (Å²) in [5, 5.41) is 30.4. The molecule has 0 amide bonds. The predicted molar refractivity (Wildman–Crippen MR) is 238 cm³/mol. The summed E-state index contributed by atoms with van der Waals surface area (Å²) in [5.41, 5.74) is -0.0708. The van der Waals surface area contributed by atoms with Crippen LogP contribution in [0.4, 0.5) is 0 Å². The van der Waals surface area contributed by atoms with Crippen LogP contribution in [-0.2, 0) is 85.7 Å². The van der Waals surface area contributed by atoms with Crippen molar-refractivity contribution in [2.45, 2.75) is 148 Å². The Balaban J connectivity index is 1.58. The van der Waals surface area contributed by atoms with Crippen LogP contribution in [0.25, 0.3) is 0 Å². The molecular weight excluding hydrogens is 879 g/mol. The number of hydrogen-bond donors (Lipinski definition) is 1. The highest BCUT2D eigenvalue weighted by molar-refractivity contribution is 8.07. The molecule has 3 fully saturated rings. The van der Waals surface area contributed by atoms with Gasteiger partial charge < -0.3 is 56.0 Å². The molecule has 3 aliphatic heterocycles. The van der Waals surface area contributed by atoms with E-state index < -0.39 is 79.1 Å². The Morgan fingerprint density at radius 1 is 0.871 bits per heavy atom. The third kappa shape index (κ3) is 16.1. The van der Waals surface area contributed by atoms with Gasteiger partial charge >= 0.3 is 19.4 Å². The lowest BCUT2D eigenvalue weighted by atomic mass is 9.77. The Bertz CT molecular complexity index is 1800. The molecule has 11 atom stereocenters. The van der Waals surface area contributed by atoms with Crippen molar-refractivity contribution in [2.24, 2.45) is 10.8 Å². The van der Waals surface area contributed by atoms with E-state index in [9.17, 15) is 25.2 Å². The number of nitrogens with zero attached hydrogens (tertiary/aromatic N) is 2. The van der Waals surface area contributed by atoms with Gasteiger partial charge in [-0.15, -0.1) is 6.58 Å². The van der Waals surface area contributed by atoms with E-state index in [1.54, 1.807) is 6.08 Å². The second-order valence-electron chi connectivity index (χ2n) is 16.9. The lowest BCUT2D eigenvalue weighted by molar-refractivity contribution is -0.149. The maximum atomic E-state index is 12.4. The molecule has 0 aromatic heterocycles. The first-order valence-corrected chi connectivity index (χ1v) is 26.4. The van der Waals surface area contributed by atoms with Crippen LogP contribution in [0.1, 0.15) is 98.0 Å². The first-order chi connectivity index (χ1) is 29.5. The van der Waals surface area contributed by atoms with Gasteiger partial charge in [-0.25, -0.2) is 0 Å². The molecule has 1 N–H and O–H groups in total. The molecule has 1 aromatic carbocycles. The van der Waals surface area contributed by atoms with Gasteiger partial charge in [0.15, 0.2) is 0 Å². The number of allylic oxidation sites excluding steroid dienone is 1. The van der Waals surface area contributed by atoms with Gasteiger partial charge in [0.05, 0.1) is 75.1 Å². The molecule has 0 bridgehead atoms. The van der Waals surface area contributed by atoms with Crippen LogP contribution in [0.2, 0.25) is 0 Å². The number of carbonyl (C=O) groups excluding carboxylic acids is 2. The summed E-state index contributed by atoms with van der Waals surface area (Å²) in [6.07, 6.45) is -0.877. The maximum absolute atomic E-state index is 12.4. The minimum Gasteiger partial charge on any atom is -0.463 e. The predicted octanol–water partition coefficient (Wildman–Crippen LogP) is 7.74. The third-order valence-electron chi connectivity index (χ3n) is 11.5. The molecule has 3 saturated heterocycles. The van der Waals surface area contributed by atoms with Crippen LogP contribution in [0.5, 0.6) is 0 Å². The molecule has 3 heterocycles. The number of rotatable bonds is 28. The van der Waals surface area contributed by atoms with E-state index in [4.69, 9.17) is 69.7 Å². The van der Waals surface area contributed by atoms with Crippen molar-refractivity contribution in [3.8, 4) is 12.1 Å². The largest absolute Gasteiger partial charge is 0.463 e. The van der Waals surface area contributed by atoms with Crippen LogP contribution in [0.15, 0.2) is 43.0 Å². The van der Waals surface area contributed by atoms with Crippen LogP contribution < -0.4 is 0 Å². The van der Waals surface area contributed by atoms with Crippen molar-refractivity contribution in [1.29, 1.82) is 10.5 Å². The van der Waals surface area contributed by atoms with Crippen LogP contribution in [-0.4, -0.2) is 105 Å². The lowest BCUT2D eigenvalue weighted by Gasteiger charge is -2.39. The fourth-order valence-corrected chi connectivity index (χ4v) is 12.5. The Morgan fingerprint density at radius 2 is 1.40 bits per heavy atom. The van der Waals surface area contributed by atoms with Gasteiger partial charge in [-0.05, 0) is 72.6 Å². The molecule has 0 spiro atoms. The number of hydrogen-bond acceptors (Lipinski definition) is 17. The fourth-order valence-electron chi connectivity index (χ4n) is 7.38. The van der Waals surface area contributed by atoms with Gasteiger partial charge in [-0.3, -0.25) is 4.79 Å². The Hall–Kier alpha value is -2.02. The summed E-state index contributed by atoms with van der Waals surface area (Å²) in [4.78, 5) is 23.8. The molecule has 15 nitrogen and oxygen atoms in total. The van der Waals surface area contributed by atoms with Crippen molar-refractivity contribution in [1.82, 2.24) is 0 Å². The van der Waals surface area contributed by atoms with Crippen molar-refractivity contribution in [3.05, 3.63) is 48.6 Å². The monoisotopic (exact) mass is 942 g/mol. The van der Waals surface area contributed by atoms with Gasteiger partial charge in [0, 0.05) is 39.1 Å². The smallest absolute Gasteiger partial charge is 0.327 e. The number of esters is 1. The minimum absolute atomic E-state index is 0.00513. The summed E-state index contributed by atoms with van der Waals surface area (Å²) in [6.45, 7) is 6.41. The molecule has 62 heavy (non-hydrogen) atoms. The average Bonchev–Trinajstić information content (AvgIpc) is 3.98. The number of Topliss-reactive ketones (excluding diaryl/α,β-unsaturated/α-hetero) is 1. The average molecular weight is 943 g/mol. The number of benzene rings is 1. The maximum Gasteiger partial charge on any atom is 0.327 e. The van der Waals surface area contributed by atoms with Gasteiger partial charge in [-0.2, -0.15) is 10.5 Å². The standard InChI is InChI=1S/C43H64N2O13P2S2/c1-7-21-43(6,8-2)40(17-23-45)58-60(62,55-34-19-25-50-37(34)28-52-41(48)15-14-31(3)46)54-30-38-35(20-26-51-38)56-59(61,53-29-36-33(47)18-24-49-36)57-39(16-22-44)42(4,5)27-32-12-10-9-11-13-32/h7,9-13,33-40,47H,1,8,14-21,24-30H2,2-6H3. The second kappa shape index (κ2) is 25.0.